The van der Waals surface area contributed by atoms with Gasteiger partial charge in [0.25, 0.3) is 15.9 Å². The first kappa shape index (κ1) is 20.2. The molecule has 3 aromatic rings. The number of thiophene rings is 1. The Kier molecular flexibility index (Phi) is 5.93. The summed E-state index contributed by atoms with van der Waals surface area (Å²) in [4.78, 5) is 13.2. The summed E-state index contributed by atoms with van der Waals surface area (Å²) in [5.74, 6) is 0.0616. The van der Waals surface area contributed by atoms with E-state index in [4.69, 9.17) is 16.3 Å². The van der Waals surface area contributed by atoms with Gasteiger partial charge in [0.2, 0.25) is 0 Å². The molecule has 0 aliphatic carbocycles. The van der Waals surface area contributed by atoms with Crippen molar-refractivity contribution in [2.24, 2.45) is 0 Å². The molecule has 3 rings (SSSR count). The molecule has 0 unspecified atom stereocenters. The van der Waals surface area contributed by atoms with Gasteiger partial charge in [-0.2, -0.15) is 0 Å². The second-order valence-corrected chi connectivity index (χ2v) is 9.02. The molecule has 0 bridgehead atoms. The lowest BCUT2D eigenvalue weighted by molar-refractivity contribution is 0.103. The normalized spacial score (nSPS) is 11.1. The highest BCUT2D eigenvalue weighted by atomic mass is 35.5. The summed E-state index contributed by atoms with van der Waals surface area (Å²) >= 11 is 7.24. The van der Waals surface area contributed by atoms with Crippen LogP contribution in [0.1, 0.15) is 9.67 Å². The average Bonchev–Trinajstić information content (AvgIpc) is 3.18. The number of methoxy groups -OCH3 is 1. The molecule has 1 amide bonds. The minimum atomic E-state index is -3.78. The van der Waals surface area contributed by atoms with Crippen LogP contribution in [-0.2, 0) is 10.0 Å². The monoisotopic (exact) mass is 436 g/mol. The van der Waals surface area contributed by atoms with Crippen molar-refractivity contribution in [3.8, 4) is 5.75 Å². The maximum atomic E-state index is 12.8. The van der Waals surface area contributed by atoms with E-state index in [0.29, 0.717) is 22.1 Å². The van der Waals surface area contributed by atoms with Crippen LogP contribution < -0.4 is 14.4 Å². The van der Waals surface area contributed by atoms with Crippen molar-refractivity contribution in [3.63, 3.8) is 0 Å². The summed E-state index contributed by atoms with van der Waals surface area (Å²) in [6.45, 7) is 0. The van der Waals surface area contributed by atoms with Crippen LogP contribution in [0.3, 0.4) is 0 Å². The molecule has 9 heteroatoms. The highest BCUT2D eigenvalue weighted by molar-refractivity contribution is 7.92. The van der Waals surface area contributed by atoms with Crippen molar-refractivity contribution in [2.75, 3.05) is 23.8 Å². The van der Waals surface area contributed by atoms with Crippen LogP contribution in [0.2, 0.25) is 5.02 Å². The van der Waals surface area contributed by atoms with Gasteiger partial charge in [0.1, 0.15) is 10.6 Å². The molecule has 0 aliphatic heterocycles. The lowest BCUT2D eigenvalue weighted by Crippen LogP contribution is -2.28. The molecule has 6 nitrogen and oxygen atoms in total. The predicted molar refractivity (Wildman–Crippen MR) is 112 cm³/mol. The van der Waals surface area contributed by atoms with Gasteiger partial charge in [-0.3, -0.25) is 9.10 Å². The maximum absolute atomic E-state index is 12.8. The number of anilines is 2. The quantitative estimate of drug-likeness (QED) is 0.617. The fourth-order valence-electron chi connectivity index (χ4n) is 2.53. The van der Waals surface area contributed by atoms with Crippen molar-refractivity contribution in [1.82, 2.24) is 0 Å². The van der Waals surface area contributed by atoms with E-state index in [1.165, 1.54) is 26.3 Å². The van der Waals surface area contributed by atoms with E-state index in [1.807, 2.05) is 0 Å². The highest BCUT2D eigenvalue weighted by Crippen LogP contribution is 2.32. The molecular weight excluding hydrogens is 420 g/mol. The van der Waals surface area contributed by atoms with Crippen molar-refractivity contribution < 1.29 is 17.9 Å². The molecule has 0 saturated carbocycles. The van der Waals surface area contributed by atoms with Crippen LogP contribution in [-0.4, -0.2) is 28.5 Å². The smallest absolute Gasteiger partial charge is 0.267 e. The van der Waals surface area contributed by atoms with Gasteiger partial charge in [0.05, 0.1) is 22.7 Å². The summed E-state index contributed by atoms with van der Waals surface area (Å²) in [5.41, 5.74) is 0.773. The van der Waals surface area contributed by atoms with E-state index in [9.17, 15) is 13.2 Å². The number of rotatable bonds is 6. The Balaban J connectivity index is 1.87. The fraction of sp³-hybridized carbons (Fsp3) is 0.105. The summed E-state index contributed by atoms with van der Waals surface area (Å²) in [6, 6.07) is 14.5. The van der Waals surface area contributed by atoms with Gasteiger partial charge in [0.15, 0.2) is 0 Å². The molecule has 0 atom stereocenters. The number of carbonyl (C=O) groups is 1. The Hall–Kier alpha value is -2.55. The third-order valence-electron chi connectivity index (χ3n) is 4.00. The lowest BCUT2D eigenvalue weighted by atomic mass is 10.3. The molecule has 1 aromatic heterocycles. The first-order chi connectivity index (χ1) is 13.3. The molecule has 0 saturated heterocycles. The largest absolute Gasteiger partial charge is 0.495 e. The molecule has 1 N–H and O–H groups in total. The second kappa shape index (κ2) is 8.22. The van der Waals surface area contributed by atoms with Gasteiger partial charge in [-0.15, -0.1) is 11.3 Å². The Morgan fingerprint density at radius 2 is 1.86 bits per heavy atom. The SMILES string of the molecule is COc1ccc(NC(=O)c2sccc2N(C)S(=O)(=O)c2ccccc2)cc1Cl. The van der Waals surface area contributed by atoms with E-state index in [0.717, 1.165) is 15.6 Å². The van der Waals surface area contributed by atoms with Crippen LogP contribution in [0.4, 0.5) is 11.4 Å². The number of ether oxygens (including phenoxy) is 1. The minimum Gasteiger partial charge on any atom is -0.495 e. The number of benzene rings is 2. The Labute approximate surface area is 172 Å². The number of hydrogen-bond donors (Lipinski definition) is 1. The van der Waals surface area contributed by atoms with Crippen LogP contribution in [0.25, 0.3) is 0 Å². The third kappa shape index (κ3) is 3.99. The third-order valence-corrected chi connectivity index (χ3v) is 6.98. The molecular formula is C19H17ClN2O4S2. The number of hydrogen-bond acceptors (Lipinski definition) is 5. The van der Waals surface area contributed by atoms with Crippen LogP contribution in [0.15, 0.2) is 64.9 Å². The second-order valence-electron chi connectivity index (χ2n) is 5.72. The van der Waals surface area contributed by atoms with Crippen molar-refractivity contribution in [1.29, 1.82) is 0 Å². The number of nitrogens with zero attached hydrogens (tertiary/aromatic N) is 1. The molecule has 2 aromatic carbocycles. The van der Waals surface area contributed by atoms with Crippen LogP contribution in [0.5, 0.6) is 5.75 Å². The zero-order chi connectivity index (χ0) is 20.3. The van der Waals surface area contributed by atoms with Crippen molar-refractivity contribution in [3.05, 3.63) is 69.9 Å². The van der Waals surface area contributed by atoms with Gasteiger partial charge in [-0.1, -0.05) is 29.8 Å². The van der Waals surface area contributed by atoms with Gasteiger partial charge in [-0.05, 0) is 41.8 Å². The number of amides is 1. The van der Waals surface area contributed by atoms with E-state index in [2.05, 4.69) is 5.32 Å². The summed E-state index contributed by atoms with van der Waals surface area (Å²) in [5, 5.41) is 4.76. The summed E-state index contributed by atoms with van der Waals surface area (Å²) in [7, 11) is -0.862. The Bertz CT molecular complexity index is 1100. The van der Waals surface area contributed by atoms with E-state index >= 15 is 0 Å². The zero-order valence-corrected chi connectivity index (χ0v) is 17.4. The van der Waals surface area contributed by atoms with Crippen LogP contribution in [0, 0.1) is 0 Å². The first-order valence-electron chi connectivity index (χ1n) is 8.11. The lowest BCUT2D eigenvalue weighted by Gasteiger charge is -2.19. The fourth-order valence-corrected chi connectivity index (χ4v) is 4.89. The molecule has 0 spiro atoms. The molecule has 1 heterocycles. The molecule has 0 fully saturated rings. The molecule has 28 heavy (non-hydrogen) atoms. The van der Waals surface area contributed by atoms with Gasteiger partial charge >= 0.3 is 0 Å². The van der Waals surface area contributed by atoms with E-state index in [-0.39, 0.29) is 9.77 Å². The number of halogens is 1. The Morgan fingerprint density at radius 3 is 2.50 bits per heavy atom. The number of sulfonamides is 1. The minimum absolute atomic E-state index is 0.150. The number of carbonyl (C=O) groups excluding carboxylic acids is 1. The molecule has 146 valence electrons. The van der Waals surface area contributed by atoms with E-state index in [1.54, 1.807) is 47.8 Å². The van der Waals surface area contributed by atoms with Crippen molar-refractivity contribution in [2.45, 2.75) is 4.90 Å². The Morgan fingerprint density at radius 1 is 1.14 bits per heavy atom. The van der Waals surface area contributed by atoms with E-state index < -0.39 is 15.9 Å². The van der Waals surface area contributed by atoms with Crippen LogP contribution >= 0.6 is 22.9 Å². The maximum Gasteiger partial charge on any atom is 0.267 e. The van der Waals surface area contributed by atoms with Gasteiger partial charge in [-0.25, -0.2) is 8.42 Å². The van der Waals surface area contributed by atoms with Crippen molar-refractivity contribution >= 4 is 50.2 Å². The van der Waals surface area contributed by atoms with Gasteiger partial charge < -0.3 is 10.1 Å². The average molecular weight is 437 g/mol. The molecule has 0 radical (unpaired) electrons. The first-order valence-corrected chi connectivity index (χ1v) is 10.8. The zero-order valence-electron chi connectivity index (χ0n) is 15.0. The number of nitrogens with one attached hydrogen (secondary N) is 1. The standard InChI is InChI=1S/C19H17ClN2O4S2/c1-22(28(24,25)14-6-4-3-5-7-14)16-10-11-27-18(16)19(23)21-13-8-9-17(26-2)15(20)12-13/h3-12H,1-2H3,(H,21,23). The highest BCUT2D eigenvalue weighted by Gasteiger charge is 2.26. The summed E-state index contributed by atoms with van der Waals surface area (Å²) in [6.07, 6.45) is 0. The summed E-state index contributed by atoms with van der Waals surface area (Å²) < 4.78 is 31.9. The van der Waals surface area contributed by atoms with Gasteiger partial charge in [0, 0.05) is 12.7 Å². The predicted octanol–water partition coefficient (Wildman–Crippen LogP) is 4.49. The molecule has 0 aliphatic rings. The topological polar surface area (TPSA) is 75.7 Å².